The number of nitrogens with one attached hydrogen (secondary N) is 2. The fourth-order valence-electron chi connectivity index (χ4n) is 5.01. The number of aryl methyl sites for hydroxylation is 1. The van der Waals surface area contributed by atoms with Gasteiger partial charge in [-0.05, 0) is 30.0 Å². The Morgan fingerprint density at radius 2 is 1.78 bits per heavy atom. The van der Waals surface area contributed by atoms with Crippen LogP contribution in [0.1, 0.15) is 51.6 Å². The van der Waals surface area contributed by atoms with Crippen LogP contribution in [0.2, 0.25) is 0 Å². The second-order valence-electron chi connectivity index (χ2n) is 10.6. The quantitative estimate of drug-likeness (QED) is 0.289. The number of ketones is 1. The van der Waals surface area contributed by atoms with Gasteiger partial charge in [0.1, 0.15) is 5.82 Å². The highest BCUT2D eigenvalue weighted by molar-refractivity contribution is 5.98. The number of rotatable bonds is 9. The van der Waals surface area contributed by atoms with Gasteiger partial charge < -0.3 is 10.2 Å². The predicted molar refractivity (Wildman–Crippen MR) is 146 cm³/mol. The van der Waals surface area contributed by atoms with Crippen LogP contribution >= 0.6 is 0 Å². The zero-order valence-electron chi connectivity index (χ0n) is 22.5. The summed E-state index contributed by atoms with van der Waals surface area (Å²) in [5, 5.41) is 14.1. The Morgan fingerprint density at radius 1 is 1.05 bits per heavy atom. The molecule has 13 heteroatoms. The molecule has 0 unspecified atom stereocenters. The number of hydrogen-bond donors (Lipinski definition) is 2. The first-order chi connectivity index (χ1) is 19.7. The van der Waals surface area contributed by atoms with Crippen molar-refractivity contribution in [3.8, 4) is 0 Å². The minimum absolute atomic E-state index is 0.122. The van der Waals surface area contributed by atoms with Crippen LogP contribution in [0, 0.1) is 0 Å². The van der Waals surface area contributed by atoms with Gasteiger partial charge in [-0.1, -0.05) is 24.3 Å². The molecule has 4 heterocycles. The van der Waals surface area contributed by atoms with Crippen LogP contribution in [-0.4, -0.2) is 66.8 Å². The summed E-state index contributed by atoms with van der Waals surface area (Å²) < 4.78 is 40.7. The fourth-order valence-corrected chi connectivity index (χ4v) is 5.01. The standard InChI is InChI=1S/C28H30F3N9O/c1-38-17-21(26(37-38)28(29,30)31)23(41)14-18-2-4-19(5-3-18)16-39-10-12-40(13-11-39)27-32-9-8-24(34-27)33-25-15-22(35-36-25)20-6-7-20/h2-5,8-9,15,17,20H,6-7,10-14,16H2,1H3,(H2,32,33,34,35,36). The highest BCUT2D eigenvalue weighted by Gasteiger charge is 2.38. The Balaban J connectivity index is 1.00. The van der Waals surface area contributed by atoms with Crippen LogP contribution in [0.4, 0.5) is 30.8 Å². The molecule has 1 aromatic carbocycles. The third kappa shape index (κ3) is 6.40. The van der Waals surface area contributed by atoms with Crippen LogP contribution in [-0.2, 0) is 26.2 Å². The Bertz CT molecular complexity index is 1520. The van der Waals surface area contributed by atoms with E-state index in [0.717, 1.165) is 60.7 Å². The summed E-state index contributed by atoms with van der Waals surface area (Å²) in [5.74, 6) is 2.11. The largest absolute Gasteiger partial charge is 0.435 e. The first-order valence-electron chi connectivity index (χ1n) is 13.6. The number of nitrogens with zero attached hydrogens (tertiary/aromatic N) is 7. The number of hydrogen-bond acceptors (Lipinski definition) is 8. The molecule has 10 nitrogen and oxygen atoms in total. The van der Waals surface area contributed by atoms with Crippen molar-refractivity contribution in [2.45, 2.75) is 37.9 Å². The van der Waals surface area contributed by atoms with Crippen molar-refractivity contribution < 1.29 is 18.0 Å². The maximum Gasteiger partial charge on any atom is 0.435 e. The molecule has 214 valence electrons. The molecule has 0 atom stereocenters. The summed E-state index contributed by atoms with van der Waals surface area (Å²) in [4.78, 5) is 26.2. The SMILES string of the molecule is Cn1cc(C(=O)Cc2ccc(CN3CCN(c4nccc(Nc5cc(C6CC6)[nH]n5)n4)CC3)cc2)c(C(F)(F)F)n1. The van der Waals surface area contributed by atoms with Crippen LogP contribution in [0.5, 0.6) is 0 Å². The molecule has 0 amide bonds. The van der Waals surface area contributed by atoms with Crippen molar-refractivity contribution >= 4 is 23.4 Å². The van der Waals surface area contributed by atoms with Crippen molar-refractivity contribution in [1.82, 2.24) is 34.8 Å². The number of carbonyl (C=O) groups is 1. The van der Waals surface area contributed by atoms with E-state index in [0.29, 0.717) is 23.2 Å². The predicted octanol–water partition coefficient (Wildman–Crippen LogP) is 4.32. The minimum Gasteiger partial charge on any atom is -0.338 e. The van der Waals surface area contributed by atoms with Gasteiger partial charge in [0.2, 0.25) is 5.95 Å². The highest BCUT2D eigenvalue weighted by Crippen LogP contribution is 2.39. The van der Waals surface area contributed by atoms with E-state index in [1.165, 1.54) is 19.9 Å². The van der Waals surface area contributed by atoms with Gasteiger partial charge in [0.05, 0.1) is 5.56 Å². The maximum atomic E-state index is 13.2. The lowest BCUT2D eigenvalue weighted by atomic mass is 10.0. The first-order valence-corrected chi connectivity index (χ1v) is 13.6. The molecule has 1 aliphatic heterocycles. The van der Waals surface area contributed by atoms with E-state index in [2.05, 4.69) is 40.4 Å². The van der Waals surface area contributed by atoms with Crippen LogP contribution in [0.25, 0.3) is 0 Å². The monoisotopic (exact) mass is 565 g/mol. The van der Waals surface area contributed by atoms with Crippen molar-refractivity contribution in [2.24, 2.45) is 7.05 Å². The van der Waals surface area contributed by atoms with E-state index in [9.17, 15) is 18.0 Å². The van der Waals surface area contributed by atoms with E-state index < -0.39 is 23.2 Å². The van der Waals surface area contributed by atoms with Gasteiger partial charge in [0.15, 0.2) is 17.3 Å². The molecule has 1 aliphatic carbocycles. The van der Waals surface area contributed by atoms with Crippen molar-refractivity contribution in [1.29, 1.82) is 0 Å². The molecule has 41 heavy (non-hydrogen) atoms. The Morgan fingerprint density at radius 3 is 2.49 bits per heavy atom. The van der Waals surface area contributed by atoms with Crippen LogP contribution < -0.4 is 10.2 Å². The van der Waals surface area contributed by atoms with E-state index >= 15 is 0 Å². The molecule has 3 aromatic heterocycles. The number of Topliss-reactive ketones (excluding diaryl/α,β-unsaturated/α-hetero) is 1. The zero-order valence-corrected chi connectivity index (χ0v) is 22.5. The van der Waals surface area contributed by atoms with E-state index in [1.54, 1.807) is 18.3 Å². The molecule has 2 N–H and O–H groups in total. The summed E-state index contributed by atoms with van der Waals surface area (Å²) in [5.41, 5.74) is 1.33. The average Bonchev–Trinajstić information content (AvgIpc) is 3.56. The zero-order chi connectivity index (χ0) is 28.6. The second kappa shape index (κ2) is 11.0. The number of halogens is 3. The molecular formula is C28H30F3N9O. The number of aromatic amines is 1. The van der Waals surface area contributed by atoms with Crippen LogP contribution in [0.3, 0.4) is 0 Å². The Labute approximate surface area is 234 Å². The molecule has 0 radical (unpaired) electrons. The van der Waals surface area contributed by atoms with Crippen molar-refractivity contribution in [3.05, 3.63) is 76.9 Å². The lowest BCUT2D eigenvalue weighted by molar-refractivity contribution is -0.141. The summed E-state index contributed by atoms with van der Waals surface area (Å²) in [6, 6.07) is 11.3. The van der Waals surface area contributed by atoms with Crippen molar-refractivity contribution in [2.75, 3.05) is 36.4 Å². The van der Waals surface area contributed by atoms with E-state index in [1.807, 2.05) is 24.3 Å². The van der Waals surface area contributed by atoms with Gasteiger partial charge in [-0.3, -0.25) is 19.5 Å². The smallest absolute Gasteiger partial charge is 0.338 e. The van der Waals surface area contributed by atoms with E-state index in [-0.39, 0.29) is 6.42 Å². The second-order valence-corrected chi connectivity index (χ2v) is 10.6. The molecule has 0 spiro atoms. The number of anilines is 3. The number of aromatic nitrogens is 6. The number of benzene rings is 1. The Kier molecular flexibility index (Phi) is 7.20. The van der Waals surface area contributed by atoms with Gasteiger partial charge in [-0.25, -0.2) is 4.98 Å². The van der Waals surface area contributed by atoms with Gasteiger partial charge in [-0.15, -0.1) is 0 Å². The summed E-state index contributed by atoms with van der Waals surface area (Å²) in [6.45, 7) is 3.93. The van der Waals surface area contributed by atoms with E-state index in [4.69, 9.17) is 0 Å². The number of piperazine rings is 1. The van der Waals surface area contributed by atoms with Gasteiger partial charge >= 0.3 is 6.18 Å². The highest BCUT2D eigenvalue weighted by atomic mass is 19.4. The lowest BCUT2D eigenvalue weighted by Crippen LogP contribution is -2.46. The third-order valence-corrected chi connectivity index (χ3v) is 7.36. The summed E-state index contributed by atoms with van der Waals surface area (Å²) in [6.07, 6.45) is 0.491. The normalized spacial score (nSPS) is 16.2. The van der Waals surface area contributed by atoms with Gasteiger partial charge in [-0.2, -0.15) is 28.4 Å². The number of carbonyl (C=O) groups excluding carboxylic acids is 1. The molecule has 1 saturated heterocycles. The lowest BCUT2D eigenvalue weighted by Gasteiger charge is -2.34. The number of H-pyrrole nitrogens is 1. The molecular weight excluding hydrogens is 535 g/mol. The first kappa shape index (κ1) is 26.9. The third-order valence-electron chi connectivity index (χ3n) is 7.36. The van der Waals surface area contributed by atoms with Gasteiger partial charge in [0, 0.05) is 76.3 Å². The molecule has 1 saturated carbocycles. The molecule has 2 fully saturated rings. The molecule has 0 bridgehead atoms. The Hall–Kier alpha value is -4.26. The molecule has 4 aromatic rings. The topological polar surface area (TPSA) is 108 Å². The molecule has 6 rings (SSSR count). The van der Waals surface area contributed by atoms with Crippen LogP contribution in [0.15, 0.2) is 48.8 Å². The van der Waals surface area contributed by atoms with Crippen molar-refractivity contribution in [3.63, 3.8) is 0 Å². The average molecular weight is 566 g/mol. The van der Waals surface area contributed by atoms with Gasteiger partial charge in [0.25, 0.3) is 0 Å². The summed E-state index contributed by atoms with van der Waals surface area (Å²) >= 11 is 0. The maximum absolute atomic E-state index is 13.2. The number of alkyl halides is 3. The summed E-state index contributed by atoms with van der Waals surface area (Å²) in [7, 11) is 1.37. The minimum atomic E-state index is -4.67. The fraction of sp³-hybridized carbons (Fsp3) is 0.393. The molecule has 2 aliphatic rings.